The van der Waals surface area contributed by atoms with Crippen LogP contribution in [0, 0.1) is 0 Å². The Morgan fingerprint density at radius 1 is 0.333 bits per heavy atom. The van der Waals surface area contributed by atoms with Gasteiger partial charge in [0.25, 0.3) is 0 Å². The topological polar surface area (TPSA) is 3.24 Å². The molecule has 0 aliphatic heterocycles. The molecule has 0 radical (unpaired) electrons. The van der Waals surface area contributed by atoms with Crippen LogP contribution in [0.5, 0.6) is 0 Å². The minimum absolute atomic E-state index is 1.13. The van der Waals surface area contributed by atoms with E-state index in [9.17, 15) is 0 Å². The standard InChI is InChI=1S/C54H33NS2/c1-2-15-35-32-36(29-28-34(35)14-1)52-43-20-5-3-16-38(43)39-17-4-6-21-45(39)54(52)55(37-30-31-42-41-19-8-11-25-48(41)57-51(42)33-37)47-24-10-7-18-40(47)44-23-13-27-50-53(44)46-22-9-12-26-49(46)56-50/h1-33H. The minimum Gasteiger partial charge on any atom is -0.309 e. The Hall–Kier alpha value is -6.78. The van der Waals surface area contributed by atoms with Crippen LogP contribution in [-0.4, -0.2) is 0 Å². The van der Waals surface area contributed by atoms with E-state index < -0.39 is 0 Å². The molecule has 57 heavy (non-hydrogen) atoms. The summed E-state index contributed by atoms with van der Waals surface area (Å²) in [6, 6.07) is 74.2. The van der Waals surface area contributed by atoms with Gasteiger partial charge in [-0.25, -0.2) is 0 Å². The van der Waals surface area contributed by atoms with Crippen LogP contribution in [0.1, 0.15) is 0 Å². The van der Waals surface area contributed by atoms with E-state index in [0.717, 1.165) is 11.4 Å². The van der Waals surface area contributed by atoms with E-state index in [-0.39, 0.29) is 0 Å². The van der Waals surface area contributed by atoms with Crippen molar-refractivity contribution in [2.75, 3.05) is 4.90 Å². The Morgan fingerprint density at radius 2 is 0.912 bits per heavy atom. The van der Waals surface area contributed by atoms with Crippen molar-refractivity contribution in [1.82, 2.24) is 0 Å². The molecule has 3 heteroatoms. The van der Waals surface area contributed by atoms with E-state index in [2.05, 4.69) is 205 Å². The molecule has 0 bridgehead atoms. The number of benzene rings is 10. The maximum Gasteiger partial charge on any atom is 0.0625 e. The second-order valence-electron chi connectivity index (χ2n) is 14.8. The number of nitrogens with zero attached hydrogens (tertiary/aromatic N) is 1. The predicted octanol–water partition coefficient (Wildman–Crippen LogP) is 16.7. The van der Waals surface area contributed by atoms with Gasteiger partial charge in [0, 0.05) is 62.5 Å². The molecule has 266 valence electrons. The van der Waals surface area contributed by atoms with Gasteiger partial charge in [-0.15, -0.1) is 22.7 Å². The Morgan fingerprint density at radius 3 is 1.75 bits per heavy atom. The van der Waals surface area contributed by atoms with Gasteiger partial charge in [-0.2, -0.15) is 0 Å². The van der Waals surface area contributed by atoms with E-state index in [0.29, 0.717) is 0 Å². The largest absolute Gasteiger partial charge is 0.309 e. The number of para-hydroxylation sites is 1. The van der Waals surface area contributed by atoms with Crippen molar-refractivity contribution < 1.29 is 0 Å². The van der Waals surface area contributed by atoms with Gasteiger partial charge < -0.3 is 4.90 Å². The quantitative estimate of drug-likeness (QED) is 0.158. The molecule has 2 aromatic heterocycles. The molecule has 0 spiro atoms. The van der Waals surface area contributed by atoms with E-state index in [1.54, 1.807) is 0 Å². The zero-order valence-electron chi connectivity index (χ0n) is 30.8. The van der Waals surface area contributed by atoms with Gasteiger partial charge in [0.2, 0.25) is 0 Å². The third-order valence-corrected chi connectivity index (χ3v) is 13.9. The number of fused-ring (bicyclic) bond motifs is 10. The molecular formula is C54H33NS2. The molecule has 12 aromatic rings. The molecular weight excluding hydrogens is 727 g/mol. The number of thiophene rings is 2. The first kappa shape index (κ1) is 32.5. The average molecular weight is 760 g/mol. The molecule has 0 amide bonds. The van der Waals surface area contributed by atoms with Gasteiger partial charge in [-0.1, -0.05) is 158 Å². The van der Waals surface area contributed by atoms with Crippen molar-refractivity contribution in [3.63, 3.8) is 0 Å². The average Bonchev–Trinajstić information content (AvgIpc) is 3.85. The Kier molecular flexibility index (Phi) is 7.34. The highest BCUT2D eigenvalue weighted by atomic mass is 32.1. The van der Waals surface area contributed by atoms with Crippen LogP contribution in [0.25, 0.3) is 94.9 Å². The van der Waals surface area contributed by atoms with Crippen LogP contribution in [0.3, 0.4) is 0 Å². The summed E-state index contributed by atoms with van der Waals surface area (Å²) in [5, 5.41) is 12.6. The molecule has 0 N–H and O–H groups in total. The van der Waals surface area contributed by atoms with Crippen molar-refractivity contribution in [2.24, 2.45) is 0 Å². The SMILES string of the molecule is c1ccc(N(c2ccc3c(c2)sc2ccccc23)c2c(-c3ccc4ccccc4c3)c3ccccc3c3ccccc23)c(-c2cccc3sc4ccccc4c23)c1. The normalized spacial score (nSPS) is 11.9. The van der Waals surface area contributed by atoms with Crippen LogP contribution < -0.4 is 4.90 Å². The summed E-state index contributed by atoms with van der Waals surface area (Å²) in [6.45, 7) is 0. The molecule has 0 aliphatic carbocycles. The zero-order chi connectivity index (χ0) is 37.5. The minimum atomic E-state index is 1.13. The molecule has 0 aliphatic rings. The lowest BCUT2D eigenvalue weighted by Crippen LogP contribution is -2.13. The molecule has 0 saturated heterocycles. The molecule has 0 fully saturated rings. The molecule has 0 unspecified atom stereocenters. The number of hydrogen-bond acceptors (Lipinski definition) is 3. The first-order valence-electron chi connectivity index (χ1n) is 19.4. The molecule has 0 atom stereocenters. The van der Waals surface area contributed by atoms with Crippen LogP contribution in [0.15, 0.2) is 200 Å². The molecule has 2 heterocycles. The van der Waals surface area contributed by atoms with Crippen molar-refractivity contribution >= 4 is 112 Å². The number of anilines is 3. The molecule has 1 nitrogen and oxygen atoms in total. The van der Waals surface area contributed by atoms with Crippen LogP contribution in [0.4, 0.5) is 17.1 Å². The number of hydrogen-bond donors (Lipinski definition) is 0. The Labute approximate surface area is 337 Å². The third-order valence-electron chi connectivity index (χ3n) is 11.6. The lowest BCUT2D eigenvalue weighted by molar-refractivity contribution is 1.31. The summed E-state index contributed by atoms with van der Waals surface area (Å²) in [5.41, 5.74) is 8.31. The van der Waals surface area contributed by atoms with E-state index in [1.165, 1.54) is 101 Å². The second-order valence-corrected chi connectivity index (χ2v) is 17.0. The summed E-state index contributed by atoms with van der Waals surface area (Å²) >= 11 is 3.74. The fourth-order valence-corrected chi connectivity index (χ4v) is 11.4. The summed E-state index contributed by atoms with van der Waals surface area (Å²) in [7, 11) is 0. The van der Waals surface area contributed by atoms with Crippen molar-refractivity contribution in [1.29, 1.82) is 0 Å². The molecule has 0 saturated carbocycles. The maximum absolute atomic E-state index is 2.58. The van der Waals surface area contributed by atoms with Gasteiger partial charge in [0.15, 0.2) is 0 Å². The fraction of sp³-hybridized carbons (Fsp3) is 0. The lowest BCUT2D eigenvalue weighted by atomic mass is 9.88. The highest BCUT2D eigenvalue weighted by Gasteiger charge is 2.27. The Balaban J connectivity index is 1.24. The summed E-state index contributed by atoms with van der Waals surface area (Å²) in [6.07, 6.45) is 0. The van der Waals surface area contributed by atoms with Gasteiger partial charge in [0.05, 0.1) is 11.4 Å². The van der Waals surface area contributed by atoms with Crippen molar-refractivity contribution in [3.05, 3.63) is 200 Å². The smallest absolute Gasteiger partial charge is 0.0625 e. The van der Waals surface area contributed by atoms with Gasteiger partial charge in [0.1, 0.15) is 0 Å². The predicted molar refractivity (Wildman–Crippen MR) is 250 cm³/mol. The van der Waals surface area contributed by atoms with Gasteiger partial charge in [-0.05, 0) is 80.5 Å². The Bertz CT molecular complexity index is 3550. The monoisotopic (exact) mass is 759 g/mol. The van der Waals surface area contributed by atoms with E-state index in [1.807, 2.05) is 22.7 Å². The highest BCUT2D eigenvalue weighted by Crippen LogP contribution is 2.53. The van der Waals surface area contributed by atoms with Crippen molar-refractivity contribution in [3.8, 4) is 22.3 Å². The molecule has 10 aromatic carbocycles. The summed E-state index contributed by atoms with van der Waals surface area (Å²) in [4.78, 5) is 2.58. The van der Waals surface area contributed by atoms with E-state index in [4.69, 9.17) is 0 Å². The zero-order valence-corrected chi connectivity index (χ0v) is 32.4. The highest BCUT2D eigenvalue weighted by molar-refractivity contribution is 7.26. The van der Waals surface area contributed by atoms with Gasteiger partial charge in [-0.3, -0.25) is 0 Å². The molecule has 12 rings (SSSR count). The van der Waals surface area contributed by atoms with Crippen molar-refractivity contribution in [2.45, 2.75) is 0 Å². The first-order valence-corrected chi connectivity index (χ1v) is 21.1. The fourth-order valence-electron chi connectivity index (χ4n) is 9.13. The third kappa shape index (κ3) is 5.06. The first-order chi connectivity index (χ1) is 28.3. The van der Waals surface area contributed by atoms with Crippen LogP contribution >= 0.6 is 22.7 Å². The van der Waals surface area contributed by atoms with E-state index >= 15 is 0 Å². The summed E-state index contributed by atoms with van der Waals surface area (Å²) in [5.74, 6) is 0. The number of rotatable bonds is 5. The van der Waals surface area contributed by atoms with Crippen LogP contribution in [-0.2, 0) is 0 Å². The van der Waals surface area contributed by atoms with Crippen LogP contribution in [0.2, 0.25) is 0 Å². The maximum atomic E-state index is 2.58. The van der Waals surface area contributed by atoms with Gasteiger partial charge >= 0.3 is 0 Å². The second kappa shape index (κ2) is 12.9. The lowest BCUT2D eigenvalue weighted by Gasteiger charge is -2.32. The summed E-state index contributed by atoms with van der Waals surface area (Å²) < 4.78 is 5.19.